The Balaban J connectivity index is 1.38. The molecule has 0 aromatic heterocycles. The number of hydrogen-bond acceptors (Lipinski definition) is 7. The molecule has 1 unspecified atom stereocenters. The first-order chi connectivity index (χ1) is 24.2. The van der Waals surface area contributed by atoms with Crippen molar-refractivity contribution in [3.63, 3.8) is 0 Å². The Morgan fingerprint density at radius 3 is 2.25 bits per heavy atom. The molecule has 0 bridgehead atoms. The number of hydrogen-bond donors (Lipinski definition) is 2. The van der Waals surface area contributed by atoms with E-state index < -0.39 is 53.5 Å². The Bertz CT molecular complexity index is 2030. The molecule has 4 aromatic carbocycles. The number of aryl methyl sites for hydroxylation is 1. The lowest BCUT2D eigenvalue weighted by Crippen LogP contribution is -2.51. The molecule has 51 heavy (non-hydrogen) atoms. The molecule has 0 saturated carbocycles. The van der Waals surface area contributed by atoms with Crippen LogP contribution >= 0.6 is 0 Å². The van der Waals surface area contributed by atoms with Crippen LogP contribution in [0.2, 0.25) is 0 Å². The van der Waals surface area contributed by atoms with E-state index in [2.05, 4.69) is 10.6 Å². The van der Waals surface area contributed by atoms with Crippen molar-refractivity contribution in [2.45, 2.75) is 32.0 Å². The summed E-state index contributed by atoms with van der Waals surface area (Å²) in [5.41, 5.74) is 0.173. The fourth-order valence-corrected chi connectivity index (χ4v) is 5.86. The molecule has 4 aromatic rings. The number of ether oxygens (including phenoxy) is 2. The van der Waals surface area contributed by atoms with Crippen molar-refractivity contribution in [3.05, 3.63) is 124 Å². The smallest absolute Gasteiger partial charge is 0.416 e. The number of benzene rings is 4. The van der Waals surface area contributed by atoms with Gasteiger partial charge in [0.15, 0.2) is 5.54 Å². The quantitative estimate of drug-likeness (QED) is 0.196. The fourth-order valence-electron chi connectivity index (χ4n) is 5.86. The molecule has 1 aliphatic heterocycles. The minimum atomic E-state index is -4.52. The van der Waals surface area contributed by atoms with Crippen molar-refractivity contribution >= 4 is 35.3 Å². The van der Waals surface area contributed by atoms with Crippen LogP contribution in [0.1, 0.15) is 60.3 Å². The van der Waals surface area contributed by atoms with Gasteiger partial charge in [-0.2, -0.15) is 13.2 Å². The van der Waals surface area contributed by atoms with Crippen molar-refractivity contribution in [2.75, 3.05) is 32.6 Å². The summed E-state index contributed by atoms with van der Waals surface area (Å²) in [6.45, 7) is 2.83. The van der Waals surface area contributed by atoms with Crippen LogP contribution in [0.4, 0.5) is 18.9 Å². The van der Waals surface area contributed by atoms with Gasteiger partial charge in [-0.1, -0.05) is 48.5 Å². The highest BCUT2D eigenvalue weighted by molar-refractivity contribution is 6.12. The van der Waals surface area contributed by atoms with Crippen LogP contribution in [-0.4, -0.2) is 61.9 Å². The Labute approximate surface area is 291 Å². The lowest BCUT2D eigenvalue weighted by Gasteiger charge is -2.27. The first-order valence-electron chi connectivity index (χ1n) is 15.8. The molecule has 264 valence electrons. The molecule has 0 radical (unpaired) electrons. The topological polar surface area (TPSA) is 131 Å². The van der Waals surface area contributed by atoms with Crippen LogP contribution in [0, 0.1) is 6.92 Å². The molecule has 1 aliphatic rings. The van der Waals surface area contributed by atoms with E-state index in [1.165, 1.54) is 55.4 Å². The largest absolute Gasteiger partial charge is 0.464 e. The van der Waals surface area contributed by atoms with E-state index in [0.717, 1.165) is 12.1 Å². The average Bonchev–Trinajstić information content (AvgIpc) is 3.39. The van der Waals surface area contributed by atoms with E-state index in [9.17, 15) is 37.1 Å². The molecule has 0 saturated heterocycles. The number of nitrogens with zero attached hydrogens (tertiary/aromatic N) is 1. The molecule has 5 rings (SSSR count). The highest BCUT2D eigenvalue weighted by Crippen LogP contribution is 2.35. The van der Waals surface area contributed by atoms with Crippen LogP contribution in [-0.2, 0) is 37.2 Å². The van der Waals surface area contributed by atoms with E-state index in [4.69, 9.17) is 9.47 Å². The Morgan fingerprint density at radius 2 is 1.59 bits per heavy atom. The minimum absolute atomic E-state index is 0.0262. The number of carbonyl (C=O) groups is 5. The van der Waals surface area contributed by atoms with Crippen LogP contribution in [0.5, 0.6) is 0 Å². The molecular weight excluding hydrogens is 667 g/mol. The molecule has 0 aliphatic carbocycles. The van der Waals surface area contributed by atoms with Gasteiger partial charge in [-0.15, -0.1) is 0 Å². The zero-order chi connectivity index (χ0) is 37.1. The monoisotopic (exact) mass is 701 g/mol. The number of rotatable bonds is 10. The van der Waals surface area contributed by atoms with Gasteiger partial charge < -0.3 is 25.0 Å². The molecule has 0 fully saturated rings. The van der Waals surface area contributed by atoms with Gasteiger partial charge in [0.25, 0.3) is 17.7 Å². The zero-order valence-electron chi connectivity index (χ0n) is 28.1. The van der Waals surface area contributed by atoms with Crippen molar-refractivity contribution in [1.29, 1.82) is 0 Å². The third-order valence-electron chi connectivity index (χ3n) is 8.37. The second-order valence-electron chi connectivity index (χ2n) is 12.1. The number of nitrogens with one attached hydrogen (secondary N) is 2. The highest BCUT2D eigenvalue weighted by atomic mass is 19.4. The number of alkyl halides is 3. The predicted molar refractivity (Wildman–Crippen MR) is 181 cm³/mol. The summed E-state index contributed by atoms with van der Waals surface area (Å²) >= 11 is 0. The zero-order valence-corrected chi connectivity index (χ0v) is 28.1. The molecular formula is C38H34F3N3O7. The maximum absolute atomic E-state index is 13.7. The van der Waals surface area contributed by atoms with E-state index >= 15 is 0 Å². The van der Waals surface area contributed by atoms with E-state index in [1.54, 1.807) is 50.2 Å². The van der Waals surface area contributed by atoms with Gasteiger partial charge in [-0.05, 0) is 72.5 Å². The van der Waals surface area contributed by atoms with Crippen molar-refractivity contribution in [1.82, 2.24) is 10.2 Å². The SMILES string of the molecule is CCOC(=O)C1(COC(=O)Cc2ccc(NC(=O)c3cccc(C)c3-c3ccc(C(F)(F)F)cc3)c(C(=O)N(C)C)c2)NC(=O)c2ccccc21. The third-order valence-corrected chi connectivity index (χ3v) is 8.37. The summed E-state index contributed by atoms with van der Waals surface area (Å²) in [6, 6.07) is 20.2. The molecule has 10 nitrogen and oxygen atoms in total. The molecule has 3 amide bonds. The normalized spacial score (nSPS) is 15.0. The molecule has 0 spiro atoms. The summed E-state index contributed by atoms with van der Waals surface area (Å²) in [6.07, 6.45) is -4.85. The number of halogens is 3. The summed E-state index contributed by atoms with van der Waals surface area (Å²) < 4.78 is 50.3. The number of amides is 3. The molecule has 1 atom stereocenters. The summed E-state index contributed by atoms with van der Waals surface area (Å²) in [5, 5.41) is 5.36. The first kappa shape index (κ1) is 36.3. The van der Waals surface area contributed by atoms with Crippen LogP contribution in [0.3, 0.4) is 0 Å². The van der Waals surface area contributed by atoms with E-state index in [1.807, 2.05) is 0 Å². The maximum Gasteiger partial charge on any atom is 0.416 e. The van der Waals surface area contributed by atoms with Gasteiger partial charge in [-0.25, -0.2) is 4.79 Å². The van der Waals surface area contributed by atoms with Crippen molar-refractivity contribution < 1.29 is 46.6 Å². The molecule has 1 heterocycles. The Hall–Kier alpha value is -5.98. The second kappa shape index (κ2) is 14.5. The van der Waals surface area contributed by atoms with Gasteiger partial charge in [-0.3, -0.25) is 19.2 Å². The third kappa shape index (κ3) is 7.47. The number of fused-ring (bicyclic) bond motifs is 1. The standard InChI is InChI=1S/C38H34F3N3O7/c1-5-50-36(49)37(29-12-7-6-10-26(29)34(47)43-37)21-51-31(45)20-23-13-18-30(28(19-23)35(48)44(3)4)42-33(46)27-11-8-9-22(2)32(27)24-14-16-25(17-15-24)38(39,40)41/h6-19H,5,20-21H2,1-4H3,(H,42,46)(H,43,47). The number of anilines is 1. The van der Waals surface area contributed by atoms with Crippen LogP contribution in [0.15, 0.2) is 84.9 Å². The highest BCUT2D eigenvalue weighted by Gasteiger charge is 2.51. The van der Waals surface area contributed by atoms with E-state index in [0.29, 0.717) is 27.8 Å². The van der Waals surface area contributed by atoms with Gasteiger partial charge in [0, 0.05) is 30.8 Å². The van der Waals surface area contributed by atoms with E-state index in [-0.39, 0.29) is 35.4 Å². The Morgan fingerprint density at radius 1 is 0.882 bits per heavy atom. The Kier molecular flexibility index (Phi) is 10.3. The minimum Gasteiger partial charge on any atom is -0.464 e. The van der Waals surface area contributed by atoms with Gasteiger partial charge in [0.05, 0.1) is 29.8 Å². The average molecular weight is 702 g/mol. The number of carbonyl (C=O) groups excluding carboxylic acids is 5. The lowest BCUT2D eigenvalue weighted by atomic mass is 9.91. The molecule has 2 N–H and O–H groups in total. The van der Waals surface area contributed by atoms with Crippen LogP contribution in [0.25, 0.3) is 11.1 Å². The van der Waals surface area contributed by atoms with Gasteiger partial charge in [0.1, 0.15) is 6.61 Å². The van der Waals surface area contributed by atoms with Crippen LogP contribution < -0.4 is 10.6 Å². The molecule has 13 heteroatoms. The summed E-state index contributed by atoms with van der Waals surface area (Å²) in [5.74, 6) is -3.17. The summed E-state index contributed by atoms with van der Waals surface area (Å²) in [7, 11) is 3.03. The second-order valence-corrected chi connectivity index (χ2v) is 12.1. The maximum atomic E-state index is 13.7. The lowest BCUT2D eigenvalue weighted by molar-refractivity contribution is -0.158. The van der Waals surface area contributed by atoms with Crippen molar-refractivity contribution in [3.8, 4) is 11.1 Å². The fraction of sp³-hybridized carbons (Fsp3) is 0.237. The summed E-state index contributed by atoms with van der Waals surface area (Å²) in [4.78, 5) is 67.1. The van der Waals surface area contributed by atoms with Gasteiger partial charge >= 0.3 is 18.1 Å². The first-order valence-corrected chi connectivity index (χ1v) is 15.8. The van der Waals surface area contributed by atoms with Gasteiger partial charge in [0.2, 0.25) is 0 Å². The predicted octanol–water partition coefficient (Wildman–Crippen LogP) is 5.92. The number of esters is 2. The van der Waals surface area contributed by atoms with Crippen molar-refractivity contribution in [2.24, 2.45) is 0 Å².